The van der Waals surface area contributed by atoms with Crippen molar-refractivity contribution in [3.8, 4) is 0 Å². The van der Waals surface area contributed by atoms with Crippen molar-refractivity contribution in [2.24, 2.45) is 12.8 Å². The van der Waals surface area contributed by atoms with Crippen molar-refractivity contribution in [1.82, 2.24) is 19.7 Å². The van der Waals surface area contributed by atoms with Crippen LogP contribution in [-0.2, 0) is 7.05 Å². The van der Waals surface area contributed by atoms with Gasteiger partial charge in [-0.1, -0.05) is 28.1 Å². The Bertz CT molecular complexity index is 1020. The van der Waals surface area contributed by atoms with Gasteiger partial charge in [0.1, 0.15) is 11.4 Å². The molecular formula is C18H21BrF3N7. The van der Waals surface area contributed by atoms with Crippen LogP contribution in [0, 0.1) is 0 Å². The van der Waals surface area contributed by atoms with E-state index in [0.717, 1.165) is 23.9 Å². The highest BCUT2D eigenvalue weighted by molar-refractivity contribution is 9.10. The number of alkyl halides is 3. The number of hydrogen-bond acceptors (Lipinski definition) is 6. The molecule has 0 saturated carbocycles. The molecule has 0 saturated heterocycles. The number of nitrogens with two attached hydrogens (primary N) is 1. The first kappa shape index (κ1) is 21.3. The molecule has 0 amide bonds. The van der Waals surface area contributed by atoms with Gasteiger partial charge in [0, 0.05) is 24.1 Å². The van der Waals surface area contributed by atoms with Gasteiger partial charge >= 0.3 is 6.18 Å². The quantitative estimate of drug-likeness (QED) is 0.503. The van der Waals surface area contributed by atoms with Crippen molar-refractivity contribution in [2.75, 3.05) is 17.2 Å². The van der Waals surface area contributed by atoms with Gasteiger partial charge in [0.15, 0.2) is 5.65 Å². The van der Waals surface area contributed by atoms with E-state index in [4.69, 9.17) is 5.73 Å². The summed E-state index contributed by atoms with van der Waals surface area (Å²) in [6.07, 6.45) is -3.04. The number of nitrogens with one attached hydrogen (secondary N) is 2. The summed E-state index contributed by atoms with van der Waals surface area (Å²) in [5, 5.41) is 9.96. The molecule has 0 radical (unpaired) electrons. The minimum absolute atomic E-state index is 0.0453. The first-order valence-corrected chi connectivity index (χ1v) is 9.57. The average molecular weight is 472 g/mol. The van der Waals surface area contributed by atoms with E-state index in [1.807, 2.05) is 24.3 Å². The SMILES string of the molecule is Cn1ncc2c(NC(C)(C)C(F)(F)F)nc(NC[C@H](N)c3cccc(Br)c3)nc21. The van der Waals surface area contributed by atoms with Gasteiger partial charge in [0.2, 0.25) is 5.95 Å². The molecule has 1 atom stereocenters. The first-order chi connectivity index (χ1) is 13.5. The second-order valence-electron chi connectivity index (χ2n) is 7.19. The molecule has 0 bridgehead atoms. The third kappa shape index (κ3) is 4.61. The Balaban J connectivity index is 1.88. The summed E-state index contributed by atoms with van der Waals surface area (Å²) < 4.78 is 42.4. The monoisotopic (exact) mass is 471 g/mol. The Kier molecular flexibility index (Phi) is 5.72. The van der Waals surface area contributed by atoms with Crippen molar-refractivity contribution < 1.29 is 13.2 Å². The molecule has 1 aromatic carbocycles. The second-order valence-corrected chi connectivity index (χ2v) is 8.11. The van der Waals surface area contributed by atoms with Gasteiger partial charge in [-0.3, -0.25) is 4.68 Å². The van der Waals surface area contributed by atoms with Gasteiger partial charge in [-0.2, -0.15) is 28.2 Å². The number of nitrogens with zero attached hydrogens (tertiary/aromatic N) is 4. The Morgan fingerprint density at radius 1 is 1.24 bits per heavy atom. The molecule has 0 aliphatic heterocycles. The summed E-state index contributed by atoms with van der Waals surface area (Å²) in [5.41, 5.74) is 5.32. The van der Waals surface area contributed by atoms with Crippen molar-refractivity contribution in [3.63, 3.8) is 0 Å². The van der Waals surface area contributed by atoms with Gasteiger partial charge in [-0.15, -0.1) is 0 Å². The summed E-state index contributed by atoms with van der Waals surface area (Å²) in [6.45, 7) is 2.39. The van der Waals surface area contributed by atoms with Crippen molar-refractivity contribution in [2.45, 2.75) is 31.6 Å². The van der Waals surface area contributed by atoms with E-state index in [2.05, 4.69) is 41.6 Å². The van der Waals surface area contributed by atoms with Crippen LogP contribution in [0.2, 0.25) is 0 Å². The molecule has 4 N–H and O–H groups in total. The number of rotatable bonds is 6. The maximum Gasteiger partial charge on any atom is 0.410 e. The second kappa shape index (κ2) is 7.79. The lowest BCUT2D eigenvalue weighted by Gasteiger charge is -2.29. The minimum atomic E-state index is -4.47. The van der Waals surface area contributed by atoms with Gasteiger partial charge in [0.25, 0.3) is 0 Å². The molecule has 0 spiro atoms. The van der Waals surface area contributed by atoms with E-state index in [-0.39, 0.29) is 17.8 Å². The smallest absolute Gasteiger partial charge is 0.356 e. The molecule has 0 fully saturated rings. The molecule has 11 heteroatoms. The minimum Gasteiger partial charge on any atom is -0.356 e. The number of benzene rings is 1. The average Bonchev–Trinajstić information content (AvgIpc) is 3.00. The van der Waals surface area contributed by atoms with Gasteiger partial charge < -0.3 is 16.4 Å². The molecule has 0 unspecified atom stereocenters. The fourth-order valence-electron chi connectivity index (χ4n) is 2.62. The summed E-state index contributed by atoms with van der Waals surface area (Å²) in [7, 11) is 1.66. The number of fused-ring (bicyclic) bond motifs is 1. The Labute approximate surface area is 174 Å². The summed E-state index contributed by atoms with van der Waals surface area (Å²) >= 11 is 3.40. The molecule has 0 aliphatic rings. The van der Waals surface area contributed by atoms with Gasteiger partial charge in [0.05, 0.1) is 11.6 Å². The van der Waals surface area contributed by atoms with Crippen molar-refractivity contribution in [1.29, 1.82) is 0 Å². The Hall–Kier alpha value is -2.40. The van der Waals surface area contributed by atoms with Crippen LogP contribution in [0.1, 0.15) is 25.5 Å². The van der Waals surface area contributed by atoms with Gasteiger partial charge in [-0.25, -0.2) is 0 Å². The number of aromatic nitrogens is 4. The summed E-state index contributed by atoms with van der Waals surface area (Å²) in [6, 6.07) is 7.20. The largest absolute Gasteiger partial charge is 0.410 e. The summed E-state index contributed by atoms with van der Waals surface area (Å²) in [4.78, 5) is 8.61. The molecule has 156 valence electrons. The van der Waals surface area contributed by atoms with Crippen molar-refractivity contribution >= 4 is 38.7 Å². The maximum atomic E-state index is 13.3. The van der Waals surface area contributed by atoms with Crippen LogP contribution in [0.15, 0.2) is 34.9 Å². The normalized spacial score (nSPS) is 13.5. The van der Waals surface area contributed by atoms with Crippen LogP contribution < -0.4 is 16.4 Å². The Morgan fingerprint density at radius 3 is 2.62 bits per heavy atom. The fourth-order valence-corrected chi connectivity index (χ4v) is 3.04. The first-order valence-electron chi connectivity index (χ1n) is 8.77. The molecule has 3 rings (SSSR count). The van der Waals surface area contributed by atoms with Gasteiger partial charge in [-0.05, 0) is 31.5 Å². The number of anilines is 2. The third-order valence-corrected chi connectivity index (χ3v) is 4.98. The third-order valence-electron chi connectivity index (χ3n) is 4.49. The van der Waals surface area contributed by atoms with Crippen LogP contribution in [0.3, 0.4) is 0 Å². The topological polar surface area (TPSA) is 93.7 Å². The van der Waals surface area contributed by atoms with Crippen LogP contribution in [-0.4, -0.2) is 38.0 Å². The van der Waals surface area contributed by atoms with Crippen LogP contribution in [0.4, 0.5) is 24.9 Å². The fraction of sp³-hybridized carbons (Fsp3) is 0.389. The molecule has 29 heavy (non-hydrogen) atoms. The number of aryl methyl sites for hydroxylation is 1. The highest BCUT2D eigenvalue weighted by Crippen LogP contribution is 2.34. The predicted molar refractivity (Wildman–Crippen MR) is 110 cm³/mol. The maximum absolute atomic E-state index is 13.3. The van der Waals surface area contributed by atoms with Crippen LogP contribution >= 0.6 is 15.9 Å². The number of halogens is 4. The van der Waals surface area contributed by atoms with E-state index in [0.29, 0.717) is 17.6 Å². The lowest BCUT2D eigenvalue weighted by molar-refractivity contribution is -0.168. The molecule has 2 aromatic heterocycles. The zero-order valence-electron chi connectivity index (χ0n) is 16.0. The highest BCUT2D eigenvalue weighted by atomic mass is 79.9. The van der Waals surface area contributed by atoms with E-state index in [1.165, 1.54) is 10.9 Å². The van der Waals surface area contributed by atoms with Crippen LogP contribution in [0.25, 0.3) is 11.0 Å². The van der Waals surface area contributed by atoms with E-state index in [9.17, 15) is 13.2 Å². The molecule has 7 nitrogen and oxygen atoms in total. The van der Waals surface area contributed by atoms with E-state index < -0.39 is 11.7 Å². The number of hydrogen-bond donors (Lipinski definition) is 3. The lowest BCUT2D eigenvalue weighted by Crippen LogP contribution is -2.46. The Morgan fingerprint density at radius 2 is 1.97 bits per heavy atom. The standard InChI is InChI=1S/C18H21BrF3N7/c1-17(2,18(20,21)22)28-14-12-8-25-29(3)15(12)27-16(26-14)24-9-13(23)10-5-4-6-11(19)7-10/h4-8,13H,9,23H2,1-3H3,(H2,24,26,27,28)/t13-/m0/s1. The molecule has 0 aliphatic carbocycles. The van der Waals surface area contributed by atoms with E-state index >= 15 is 0 Å². The highest BCUT2D eigenvalue weighted by Gasteiger charge is 2.48. The van der Waals surface area contributed by atoms with Crippen molar-refractivity contribution in [3.05, 3.63) is 40.5 Å². The predicted octanol–water partition coefficient (Wildman–Crippen LogP) is 3.99. The molecule has 2 heterocycles. The zero-order valence-corrected chi connectivity index (χ0v) is 17.6. The summed E-state index contributed by atoms with van der Waals surface area (Å²) in [5.74, 6) is 0.205. The zero-order chi connectivity index (χ0) is 21.4. The molecular weight excluding hydrogens is 451 g/mol. The molecule has 3 aromatic rings. The lowest BCUT2D eigenvalue weighted by atomic mass is 10.1. The van der Waals surface area contributed by atoms with E-state index in [1.54, 1.807) is 7.05 Å². The van der Waals surface area contributed by atoms with Crippen LogP contribution in [0.5, 0.6) is 0 Å².